The van der Waals surface area contributed by atoms with Crippen LogP contribution in [0.25, 0.3) is 22.4 Å². The van der Waals surface area contributed by atoms with E-state index in [1.165, 1.54) is 11.3 Å². The molecule has 1 saturated heterocycles. The van der Waals surface area contributed by atoms with Crippen molar-refractivity contribution in [2.24, 2.45) is 0 Å². The van der Waals surface area contributed by atoms with Crippen LogP contribution in [0.4, 0.5) is 16.8 Å². The molecule has 0 bridgehead atoms. The van der Waals surface area contributed by atoms with E-state index in [-0.39, 0.29) is 5.91 Å². The second kappa shape index (κ2) is 9.35. The molecule has 4 N–H and O–H groups in total. The molecule has 0 radical (unpaired) electrons. The van der Waals surface area contributed by atoms with Gasteiger partial charge in [0, 0.05) is 55.4 Å². The van der Waals surface area contributed by atoms with Crippen molar-refractivity contribution < 1.29 is 4.79 Å². The van der Waals surface area contributed by atoms with Gasteiger partial charge in [0.1, 0.15) is 0 Å². The molecule has 0 saturated carbocycles. The van der Waals surface area contributed by atoms with Crippen molar-refractivity contribution in [1.29, 1.82) is 0 Å². The van der Waals surface area contributed by atoms with E-state index in [2.05, 4.69) is 31.7 Å². The van der Waals surface area contributed by atoms with E-state index in [1.807, 2.05) is 53.5 Å². The van der Waals surface area contributed by atoms with Gasteiger partial charge in [-0.2, -0.15) is 0 Å². The number of carbonyl (C=O) groups excluding carboxylic acids is 1. The summed E-state index contributed by atoms with van der Waals surface area (Å²) in [6, 6.07) is 13.4. The Morgan fingerprint density at radius 3 is 2.52 bits per heavy atom. The lowest BCUT2D eigenvalue weighted by atomic mass is 10.1. The minimum atomic E-state index is 0.0633. The molecule has 1 amide bonds. The van der Waals surface area contributed by atoms with Crippen LogP contribution in [0, 0.1) is 0 Å². The largest absolute Gasteiger partial charge is 0.375 e. The summed E-state index contributed by atoms with van der Waals surface area (Å²) in [5, 5.41) is 7.00. The Balaban J connectivity index is 1.21. The van der Waals surface area contributed by atoms with Crippen molar-refractivity contribution in [2.45, 2.75) is 0 Å². The normalized spacial score (nSPS) is 14.1. The van der Waals surface area contributed by atoms with Gasteiger partial charge in [-0.25, -0.2) is 15.0 Å². The van der Waals surface area contributed by atoms with E-state index in [4.69, 9.17) is 5.73 Å². The van der Waals surface area contributed by atoms with E-state index in [9.17, 15) is 4.79 Å². The fraction of sp³-hybridized carbons (Fsp3) is 0.167. The Kier molecular flexibility index (Phi) is 5.97. The molecule has 0 spiro atoms. The number of aromatic nitrogens is 3. The van der Waals surface area contributed by atoms with Gasteiger partial charge >= 0.3 is 0 Å². The monoisotopic (exact) mass is 457 g/mol. The number of nitrogens with two attached hydrogens (primary N) is 1. The highest BCUT2D eigenvalue weighted by Crippen LogP contribution is 2.25. The molecule has 1 aliphatic rings. The second-order valence-electron chi connectivity index (χ2n) is 7.70. The number of carbonyl (C=O) groups is 1. The smallest absolute Gasteiger partial charge is 0.253 e. The maximum atomic E-state index is 12.6. The van der Waals surface area contributed by atoms with Crippen molar-refractivity contribution >= 4 is 56.4 Å². The summed E-state index contributed by atoms with van der Waals surface area (Å²) < 4.78 is 1.06. The molecule has 5 rings (SSSR count). The van der Waals surface area contributed by atoms with E-state index in [0.29, 0.717) is 16.6 Å². The van der Waals surface area contributed by atoms with Crippen LogP contribution in [0.2, 0.25) is 0 Å². The summed E-state index contributed by atoms with van der Waals surface area (Å²) in [7, 11) is 0. The van der Waals surface area contributed by atoms with Crippen LogP contribution in [0.5, 0.6) is 0 Å². The highest BCUT2D eigenvalue weighted by Gasteiger charge is 2.17. The number of rotatable bonds is 5. The Labute approximate surface area is 195 Å². The average Bonchev–Trinajstić information content (AvgIpc) is 3.23. The molecule has 33 heavy (non-hydrogen) atoms. The van der Waals surface area contributed by atoms with Gasteiger partial charge in [-0.1, -0.05) is 29.6 Å². The Morgan fingerprint density at radius 1 is 1.03 bits per heavy atom. The number of hydrogen-bond donors (Lipinski definition) is 3. The first kappa shape index (κ1) is 21.0. The molecule has 9 heteroatoms. The minimum absolute atomic E-state index is 0.0633. The van der Waals surface area contributed by atoms with Gasteiger partial charge in [-0.05, 0) is 42.0 Å². The molecule has 1 fully saturated rings. The SMILES string of the molecule is Nc1nc2ccc(/C=C/c3cnc(Nc4ccc(C(=O)N5CCNCC5)cc4)nc3)cc2s1. The number of hydrogen-bond acceptors (Lipinski definition) is 8. The van der Waals surface area contributed by atoms with Gasteiger partial charge < -0.3 is 21.3 Å². The molecule has 4 aromatic rings. The van der Waals surface area contributed by atoms with Crippen LogP contribution in [-0.2, 0) is 0 Å². The maximum Gasteiger partial charge on any atom is 0.253 e. The summed E-state index contributed by atoms with van der Waals surface area (Å²) in [6.07, 6.45) is 7.50. The molecular formula is C24H23N7OS. The fourth-order valence-corrected chi connectivity index (χ4v) is 4.40. The zero-order valence-corrected chi connectivity index (χ0v) is 18.7. The summed E-state index contributed by atoms with van der Waals surface area (Å²) >= 11 is 1.48. The van der Waals surface area contributed by atoms with Crippen molar-refractivity contribution in [3.05, 3.63) is 71.5 Å². The Morgan fingerprint density at radius 2 is 1.76 bits per heavy atom. The molecule has 2 aromatic carbocycles. The third-order valence-corrected chi connectivity index (χ3v) is 6.21. The molecule has 1 aliphatic heterocycles. The summed E-state index contributed by atoms with van der Waals surface area (Å²) in [4.78, 5) is 27.5. The lowest BCUT2D eigenvalue weighted by molar-refractivity contribution is 0.0736. The third-order valence-electron chi connectivity index (χ3n) is 5.36. The van der Waals surface area contributed by atoms with E-state index >= 15 is 0 Å². The number of nitrogens with zero attached hydrogens (tertiary/aromatic N) is 4. The third kappa shape index (κ3) is 5.00. The van der Waals surface area contributed by atoms with Crippen LogP contribution in [0.3, 0.4) is 0 Å². The lowest BCUT2D eigenvalue weighted by Gasteiger charge is -2.27. The highest BCUT2D eigenvalue weighted by atomic mass is 32.1. The van der Waals surface area contributed by atoms with Crippen LogP contribution < -0.4 is 16.4 Å². The first-order valence-corrected chi connectivity index (χ1v) is 11.5. The van der Waals surface area contributed by atoms with Gasteiger partial charge in [0.2, 0.25) is 5.95 Å². The second-order valence-corrected chi connectivity index (χ2v) is 8.76. The number of piperazine rings is 1. The Bertz CT molecular complexity index is 1290. The van der Waals surface area contributed by atoms with E-state index < -0.39 is 0 Å². The molecule has 0 aliphatic carbocycles. The first-order valence-electron chi connectivity index (χ1n) is 10.7. The quantitative estimate of drug-likeness (QED) is 0.420. The van der Waals surface area contributed by atoms with Crippen LogP contribution in [-0.4, -0.2) is 51.9 Å². The number of nitrogens with one attached hydrogen (secondary N) is 2. The van der Waals surface area contributed by atoms with Crippen molar-refractivity contribution in [3.8, 4) is 0 Å². The van der Waals surface area contributed by atoms with E-state index in [0.717, 1.165) is 53.2 Å². The highest BCUT2D eigenvalue weighted by molar-refractivity contribution is 7.22. The average molecular weight is 458 g/mol. The summed E-state index contributed by atoms with van der Waals surface area (Å²) in [5.41, 5.74) is 10.1. The number of amides is 1. The van der Waals surface area contributed by atoms with Crippen molar-refractivity contribution in [2.75, 3.05) is 37.2 Å². The molecule has 0 unspecified atom stereocenters. The minimum Gasteiger partial charge on any atom is -0.375 e. The van der Waals surface area contributed by atoms with Crippen molar-refractivity contribution in [1.82, 2.24) is 25.2 Å². The number of fused-ring (bicyclic) bond motifs is 1. The predicted octanol–water partition coefficient (Wildman–Crippen LogP) is 3.63. The van der Waals surface area contributed by atoms with Crippen LogP contribution in [0.1, 0.15) is 21.5 Å². The van der Waals surface area contributed by atoms with Gasteiger partial charge in [0.25, 0.3) is 5.91 Å². The van der Waals surface area contributed by atoms with Crippen LogP contribution in [0.15, 0.2) is 54.9 Å². The first-order chi connectivity index (χ1) is 16.1. The van der Waals surface area contributed by atoms with Gasteiger partial charge in [-0.3, -0.25) is 4.79 Å². The topological polar surface area (TPSA) is 109 Å². The number of benzene rings is 2. The predicted molar refractivity (Wildman–Crippen MR) is 133 cm³/mol. The van der Waals surface area contributed by atoms with Gasteiger partial charge in [0.05, 0.1) is 10.2 Å². The zero-order valence-electron chi connectivity index (χ0n) is 17.9. The number of nitrogen functional groups attached to an aromatic ring is 1. The molecule has 0 atom stereocenters. The fourth-order valence-electron chi connectivity index (χ4n) is 3.62. The van der Waals surface area contributed by atoms with Gasteiger partial charge in [-0.15, -0.1) is 0 Å². The number of thiazole rings is 1. The molecule has 2 aromatic heterocycles. The molecule has 166 valence electrons. The number of anilines is 3. The molecule has 8 nitrogen and oxygen atoms in total. The molecule has 3 heterocycles. The maximum absolute atomic E-state index is 12.6. The zero-order chi connectivity index (χ0) is 22.6. The standard InChI is InChI=1S/C24H23N7OS/c25-23-30-20-8-3-16(13-21(20)33-23)1-2-17-14-27-24(28-15-17)29-19-6-4-18(5-7-19)22(32)31-11-9-26-10-12-31/h1-8,13-15,26H,9-12H2,(H2,25,30)(H,27,28,29)/b2-1+. The lowest BCUT2D eigenvalue weighted by Crippen LogP contribution is -2.46. The van der Waals surface area contributed by atoms with Crippen molar-refractivity contribution in [3.63, 3.8) is 0 Å². The Hall–Kier alpha value is -3.82. The summed E-state index contributed by atoms with van der Waals surface area (Å²) in [6.45, 7) is 3.15. The molecular weight excluding hydrogens is 434 g/mol. The summed E-state index contributed by atoms with van der Waals surface area (Å²) in [5.74, 6) is 0.559. The van der Waals surface area contributed by atoms with E-state index in [1.54, 1.807) is 12.4 Å². The van der Waals surface area contributed by atoms with Crippen LogP contribution >= 0.6 is 11.3 Å². The van der Waals surface area contributed by atoms with Gasteiger partial charge in [0.15, 0.2) is 5.13 Å².